The largest absolute Gasteiger partial charge is 0.496 e. The molecule has 0 spiro atoms. The molecule has 0 aliphatic rings. The Morgan fingerprint density at radius 3 is 2.63 bits per heavy atom. The van der Waals surface area contributed by atoms with Crippen LogP contribution in [0.1, 0.15) is 22.6 Å². The number of anilines is 1. The van der Waals surface area contributed by atoms with Gasteiger partial charge in [0.05, 0.1) is 19.3 Å². The molecule has 2 aromatic rings. The molecular formula is C15H19N3O. The molecule has 4 nitrogen and oxygen atoms in total. The van der Waals surface area contributed by atoms with Gasteiger partial charge in [-0.05, 0) is 38.5 Å². The van der Waals surface area contributed by atoms with E-state index >= 15 is 0 Å². The van der Waals surface area contributed by atoms with E-state index in [0.717, 1.165) is 34.1 Å². The molecule has 0 bridgehead atoms. The normalized spacial score (nSPS) is 10.3. The van der Waals surface area contributed by atoms with Gasteiger partial charge in [-0.2, -0.15) is 0 Å². The van der Waals surface area contributed by atoms with Crippen LogP contribution in [0.2, 0.25) is 0 Å². The molecule has 19 heavy (non-hydrogen) atoms. The lowest BCUT2D eigenvalue weighted by Gasteiger charge is -2.14. The number of aryl methyl sites for hydroxylation is 2. The summed E-state index contributed by atoms with van der Waals surface area (Å²) in [4.78, 5) is 8.47. The summed E-state index contributed by atoms with van der Waals surface area (Å²) in [5.74, 6) is 1.72. The van der Waals surface area contributed by atoms with E-state index in [4.69, 9.17) is 4.74 Å². The van der Waals surface area contributed by atoms with Gasteiger partial charge < -0.3 is 10.1 Å². The Hall–Kier alpha value is -2.10. The van der Waals surface area contributed by atoms with Crippen LogP contribution in [0.5, 0.6) is 5.75 Å². The maximum absolute atomic E-state index is 5.42. The van der Waals surface area contributed by atoms with Gasteiger partial charge in [0.1, 0.15) is 11.6 Å². The third-order valence-corrected chi connectivity index (χ3v) is 3.10. The molecule has 0 saturated heterocycles. The van der Waals surface area contributed by atoms with E-state index in [-0.39, 0.29) is 0 Å². The van der Waals surface area contributed by atoms with Crippen LogP contribution in [-0.4, -0.2) is 17.1 Å². The third-order valence-electron chi connectivity index (χ3n) is 3.10. The van der Waals surface area contributed by atoms with E-state index in [1.165, 1.54) is 0 Å². The van der Waals surface area contributed by atoms with Gasteiger partial charge in [-0.15, -0.1) is 0 Å². The number of hydrogen-bond donors (Lipinski definition) is 1. The van der Waals surface area contributed by atoms with Crippen LogP contribution >= 0.6 is 0 Å². The van der Waals surface area contributed by atoms with Crippen molar-refractivity contribution in [3.8, 4) is 5.75 Å². The van der Waals surface area contributed by atoms with Crippen LogP contribution in [0.25, 0.3) is 0 Å². The fourth-order valence-corrected chi connectivity index (χ4v) is 2.12. The number of nitrogens with one attached hydrogen (secondary N) is 1. The van der Waals surface area contributed by atoms with Crippen molar-refractivity contribution in [3.05, 3.63) is 47.0 Å². The van der Waals surface area contributed by atoms with Crippen molar-refractivity contribution in [1.29, 1.82) is 0 Å². The highest BCUT2D eigenvalue weighted by molar-refractivity contribution is 5.59. The first-order valence-electron chi connectivity index (χ1n) is 6.28. The predicted octanol–water partition coefficient (Wildman–Crippen LogP) is 3.02. The van der Waals surface area contributed by atoms with Gasteiger partial charge in [-0.3, -0.25) is 0 Å². The van der Waals surface area contributed by atoms with Crippen LogP contribution < -0.4 is 10.1 Å². The molecule has 0 saturated carbocycles. The summed E-state index contributed by atoms with van der Waals surface area (Å²) < 4.78 is 5.42. The summed E-state index contributed by atoms with van der Waals surface area (Å²) in [6, 6.07) is 6.04. The number of aromatic nitrogens is 2. The van der Waals surface area contributed by atoms with Crippen molar-refractivity contribution in [1.82, 2.24) is 9.97 Å². The fourth-order valence-electron chi connectivity index (χ4n) is 2.12. The van der Waals surface area contributed by atoms with Crippen molar-refractivity contribution in [3.63, 3.8) is 0 Å². The Balaban J connectivity index is 2.16. The molecule has 1 heterocycles. The van der Waals surface area contributed by atoms with Crippen LogP contribution in [0.4, 0.5) is 5.69 Å². The highest BCUT2D eigenvalue weighted by Crippen LogP contribution is 2.29. The number of rotatable bonds is 4. The molecule has 1 N–H and O–H groups in total. The van der Waals surface area contributed by atoms with E-state index in [0.29, 0.717) is 6.54 Å². The van der Waals surface area contributed by atoms with Gasteiger partial charge in [0.2, 0.25) is 0 Å². The van der Waals surface area contributed by atoms with Crippen molar-refractivity contribution in [2.24, 2.45) is 0 Å². The Morgan fingerprint density at radius 1 is 1.16 bits per heavy atom. The van der Waals surface area contributed by atoms with Crippen molar-refractivity contribution in [2.75, 3.05) is 12.4 Å². The van der Waals surface area contributed by atoms with Crippen molar-refractivity contribution < 1.29 is 4.74 Å². The molecule has 1 aromatic heterocycles. The molecule has 0 radical (unpaired) electrons. The van der Waals surface area contributed by atoms with Gasteiger partial charge >= 0.3 is 0 Å². The SMILES string of the molecule is COc1c(C)ccc(NCc2ccnc(C)n2)c1C. The van der Waals surface area contributed by atoms with Crippen LogP contribution in [0, 0.1) is 20.8 Å². The first kappa shape index (κ1) is 13.3. The lowest BCUT2D eigenvalue weighted by Crippen LogP contribution is -2.05. The highest BCUT2D eigenvalue weighted by Gasteiger charge is 2.07. The fraction of sp³-hybridized carbons (Fsp3) is 0.333. The Kier molecular flexibility index (Phi) is 4.00. The van der Waals surface area contributed by atoms with Crippen LogP contribution in [0.15, 0.2) is 24.4 Å². The average Bonchev–Trinajstić information content (AvgIpc) is 2.38. The first-order valence-corrected chi connectivity index (χ1v) is 6.28. The molecule has 0 aliphatic heterocycles. The van der Waals surface area contributed by atoms with Gasteiger partial charge in [-0.25, -0.2) is 9.97 Å². The minimum Gasteiger partial charge on any atom is -0.496 e. The molecule has 0 fully saturated rings. The molecule has 2 rings (SSSR count). The molecule has 1 aromatic carbocycles. The zero-order chi connectivity index (χ0) is 13.8. The van der Waals surface area contributed by atoms with Crippen LogP contribution in [0.3, 0.4) is 0 Å². The molecule has 0 aliphatic carbocycles. The second-order valence-electron chi connectivity index (χ2n) is 4.54. The molecular weight excluding hydrogens is 238 g/mol. The zero-order valence-corrected chi connectivity index (χ0v) is 11.8. The van der Waals surface area contributed by atoms with E-state index < -0.39 is 0 Å². The maximum atomic E-state index is 5.42. The number of benzene rings is 1. The number of ether oxygens (including phenoxy) is 1. The summed E-state index contributed by atoms with van der Waals surface area (Å²) in [5.41, 5.74) is 4.31. The van der Waals surface area contributed by atoms with Crippen LogP contribution in [-0.2, 0) is 6.54 Å². The maximum Gasteiger partial charge on any atom is 0.126 e. The smallest absolute Gasteiger partial charge is 0.126 e. The summed E-state index contributed by atoms with van der Waals surface area (Å²) in [7, 11) is 1.70. The molecule has 0 unspecified atom stereocenters. The number of nitrogens with zero attached hydrogens (tertiary/aromatic N) is 2. The lowest BCUT2D eigenvalue weighted by molar-refractivity contribution is 0.409. The van der Waals surface area contributed by atoms with Gasteiger partial charge in [0, 0.05) is 17.4 Å². The number of methoxy groups -OCH3 is 1. The minimum atomic E-state index is 0.677. The first-order chi connectivity index (χ1) is 9.11. The lowest BCUT2D eigenvalue weighted by atomic mass is 10.1. The average molecular weight is 257 g/mol. The Bertz CT molecular complexity index is 582. The monoisotopic (exact) mass is 257 g/mol. The predicted molar refractivity (Wildman–Crippen MR) is 76.6 cm³/mol. The van der Waals surface area contributed by atoms with Gasteiger partial charge in [0.25, 0.3) is 0 Å². The van der Waals surface area contributed by atoms with Crippen molar-refractivity contribution >= 4 is 5.69 Å². The standard InChI is InChI=1S/C15H19N3O/c1-10-5-6-14(11(2)15(10)19-4)17-9-13-7-8-16-12(3)18-13/h5-8,17H,9H2,1-4H3. The van der Waals surface area contributed by atoms with E-state index in [2.05, 4.69) is 34.3 Å². The second kappa shape index (κ2) is 5.69. The van der Waals surface area contributed by atoms with E-state index in [1.54, 1.807) is 13.3 Å². The highest BCUT2D eigenvalue weighted by atomic mass is 16.5. The van der Waals surface area contributed by atoms with E-state index in [9.17, 15) is 0 Å². The molecule has 100 valence electrons. The molecule has 4 heteroatoms. The van der Waals surface area contributed by atoms with Gasteiger partial charge in [0.15, 0.2) is 0 Å². The summed E-state index contributed by atoms with van der Waals surface area (Å²) in [6.45, 7) is 6.67. The number of hydrogen-bond acceptors (Lipinski definition) is 4. The quantitative estimate of drug-likeness (QED) is 0.914. The summed E-state index contributed by atoms with van der Waals surface area (Å²) in [6.07, 6.45) is 1.78. The Labute approximate surface area is 113 Å². The second-order valence-corrected chi connectivity index (χ2v) is 4.54. The molecule has 0 amide bonds. The van der Waals surface area contributed by atoms with Crippen molar-refractivity contribution in [2.45, 2.75) is 27.3 Å². The summed E-state index contributed by atoms with van der Waals surface area (Å²) in [5, 5.41) is 3.39. The van der Waals surface area contributed by atoms with Gasteiger partial charge in [-0.1, -0.05) is 6.07 Å². The Morgan fingerprint density at radius 2 is 1.95 bits per heavy atom. The topological polar surface area (TPSA) is 47.0 Å². The third kappa shape index (κ3) is 3.02. The zero-order valence-electron chi connectivity index (χ0n) is 11.8. The molecule has 0 atom stereocenters. The minimum absolute atomic E-state index is 0.677. The van der Waals surface area contributed by atoms with E-state index in [1.807, 2.05) is 19.9 Å². The summed E-state index contributed by atoms with van der Waals surface area (Å²) >= 11 is 0.